The Morgan fingerprint density at radius 1 is 1.12 bits per heavy atom. The van der Waals surface area contributed by atoms with Crippen LogP contribution in [0.25, 0.3) is 0 Å². The standard InChI is InChI=1S/C17H26N6O2/c1-21-5-2-3-17(15(21)24)4-6-23(12-17)14-11-13(18)19-16(20-14)22-7-9-25-10-8-22/h11H,2-10,12H2,1H3,(H2,18,19,20). The first kappa shape index (κ1) is 16.4. The van der Waals surface area contributed by atoms with Crippen molar-refractivity contribution in [3.63, 3.8) is 0 Å². The van der Waals surface area contributed by atoms with Gasteiger partial charge in [-0.2, -0.15) is 9.97 Å². The molecule has 0 saturated carbocycles. The maximum atomic E-state index is 12.7. The summed E-state index contributed by atoms with van der Waals surface area (Å²) in [5.74, 6) is 2.23. The zero-order chi connectivity index (χ0) is 17.4. The fraction of sp³-hybridized carbons (Fsp3) is 0.706. The zero-order valence-corrected chi connectivity index (χ0v) is 14.8. The van der Waals surface area contributed by atoms with Crippen molar-refractivity contribution in [1.82, 2.24) is 14.9 Å². The molecule has 3 fully saturated rings. The average Bonchev–Trinajstić information content (AvgIpc) is 3.05. The summed E-state index contributed by atoms with van der Waals surface area (Å²) in [6, 6.07) is 1.82. The number of hydrogen-bond donors (Lipinski definition) is 1. The van der Waals surface area contributed by atoms with Crippen molar-refractivity contribution < 1.29 is 9.53 Å². The highest BCUT2D eigenvalue weighted by Crippen LogP contribution is 2.41. The van der Waals surface area contributed by atoms with Crippen molar-refractivity contribution >= 4 is 23.5 Å². The monoisotopic (exact) mass is 346 g/mol. The number of carbonyl (C=O) groups is 1. The van der Waals surface area contributed by atoms with E-state index >= 15 is 0 Å². The van der Waals surface area contributed by atoms with Crippen LogP contribution in [0, 0.1) is 5.41 Å². The third-order valence-corrected chi connectivity index (χ3v) is 5.64. The first-order valence-electron chi connectivity index (χ1n) is 9.05. The SMILES string of the molecule is CN1CCCC2(CCN(c3cc(N)nc(N4CCOCC4)n3)C2)C1=O. The number of nitrogen functional groups attached to an aromatic ring is 1. The van der Waals surface area contributed by atoms with Crippen LogP contribution in [0.2, 0.25) is 0 Å². The van der Waals surface area contributed by atoms with Crippen molar-refractivity contribution in [2.24, 2.45) is 5.41 Å². The van der Waals surface area contributed by atoms with E-state index in [1.165, 1.54) is 0 Å². The van der Waals surface area contributed by atoms with Gasteiger partial charge in [-0.25, -0.2) is 0 Å². The second-order valence-electron chi connectivity index (χ2n) is 7.33. The highest BCUT2D eigenvalue weighted by molar-refractivity contribution is 5.84. The molecule has 1 aromatic rings. The van der Waals surface area contributed by atoms with E-state index in [0.717, 1.165) is 57.8 Å². The van der Waals surface area contributed by atoms with Gasteiger partial charge >= 0.3 is 0 Å². The molecule has 3 saturated heterocycles. The van der Waals surface area contributed by atoms with Gasteiger partial charge < -0.3 is 25.2 Å². The normalized spacial score (nSPS) is 27.4. The van der Waals surface area contributed by atoms with Crippen molar-refractivity contribution in [1.29, 1.82) is 0 Å². The molecule has 25 heavy (non-hydrogen) atoms. The molecule has 1 spiro atoms. The molecule has 136 valence electrons. The molecule has 0 aliphatic carbocycles. The van der Waals surface area contributed by atoms with Gasteiger partial charge in [-0.1, -0.05) is 0 Å². The van der Waals surface area contributed by atoms with Crippen molar-refractivity contribution in [3.8, 4) is 0 Å². The largest absolute Gasteiger partial charge is 0.383 e. The molecule has 8 heteroatoms. The van der Waals surface area contributed by atoms with Crippen LogP contribution in [0.5, 0.6) is 0 Å². The Bertz CT molecular complexity index is 663. The van der Waals surface area contributed by atoms with Gasteiger partial charge in [0.25, 0.3) is 0 Å². The fourth-order valence-corrected chi connectivity index (χ4v) is 4.22. The molecule has 4 rings (SSSR count). The first-order chi connectivity index (χ1) is 12.1. The third kappa shape index (κ3) is 2.99. The van der Waals surface area contributed by atoms with Gasteiger partial charge in [0.15, 0.2) is 0 Å². The smallest absolute Gasteiger partial charge is 0.230 e. The lowest BCUT2D eigenvalue weighted by Gasteiger charge is -2.37. The molecular formula is C17H26N6O2. The van der Waals surface area contributed by atoms with Gasteiger partial charge in [-0.15, -0.1) is 0 Å². The summed E-state index contributed by atoms with van der Waals surface area (Å²) in [7, 11) is 1.91. The number of hydrogen-bond acceptors (Lipinski definition) is 7. The molecule has 1 aromatic heterocycles. The molecule has 1 atom stereocenters. The summed E-state index contributed by atoms with van der Waals surface area (Å²) in [5.41, 5.74) is 5.78. The van der Waals surface area contributed by atoms with Crippen LogP contribution in [0.4, 0.5) is 17.6 Å². The molecule has 0 aromatic carbocycles. The maximum absolute atomic E-state index is 12.7. The molecule has 3 aliphatic rings. The molecule has 1 amide bonds. The summed E-state index contributed by atoms with van der Waals surface area (Å²) >= 11 is 0. The predicted molar refractivity (Wildman–Crippen MR) is 95.6 cm³/mol. The quantitative estimate of drug-likeness (QED) is 0.826. The van der Waals surface area contributed by atoms with Crippen LogP contribution in [-0.4, -0.2) is 73.8 Å². The number of nitrogens with zero attached hydrogens (tertiary/aromatic N) is 5. The number of nitrogens with two attached hydrogens (primary N) is 1. The molecule has 8 nitrogen and oxygen atoms in total. The summed E-state index contributed by atoms with van der Waals surface area (Å²) in [5, 5.41) is 0. The molecular weight excluding hydrogens is 320 g/mol. The molecule has 0 bridgehead atoms. The summed E-state index contributed by atoms with van der Waals surface area (Å²) < 4.78 is 5.40. The number of ether oxygens (including phenoxy) is 1. The lowest BCUT2D eigenvalue weighted by Crippen LogP contribution is -2.48. The fourth-order valence-electron chi connectivity index (χ4n) is 4.22. The van der Waals surface area contributed by atoms with Gasteiger partial charge in [0.2, 0.25) is 11.9 Å². The van der Waals surface area contributed by atoms with Crippen LogP contribution in [0.1, 0.15) is 19.3 Å². The van der Waals surface area contributed by atoms with E-state index in [1.807, 2.05) is 18.0 Å². The Hall–Kier alpha value is -2.09. The number of morpholine rings is 1. The predicted octanol–water partition coefficient (Wildman–Crippen LogP) is 0.344. The van der Waals surface area contributed by atoms with Crippen molar-refractivity contribution in [2.75, 3.05) is 68.5 Å². The number of carbonyl (C=O) groups excluding carboxylic acids is 1. The number of piperidine rings is 1. The summed E-state index contributed by atoms with van der Waals surface area (Å²) in [6.45, 7) is 5.32. The minimum absolute atomic E-state index is 0.258. The molecule has 1 unspecified atom stereocenters. The highest BCUT2D eigenvalue weighted by Gasteiger charge is 2.47. The molecule has 0 radical (unpaired) electrons. The topological polar surface area (TPSA) is 87.8 Å². The van der Waals surface area contributed by atoms with Crippen molar-refractivity contribution in [2.45, 2.75) is 19.3 Å². The van der Waals surface area contributed by atoms with Gasteiger partial charge in [0, 0.05) is 45.8 Å². The second-order valence-corrected chi connectivity index (χ2v) is 7.33. The van der Waals surface area contributed by atoms with Gasteiger partial charge in [0.05, 0.1) is 18.6 Å². The van der Waals surface area contributed by atoms with E-state index in [1.54, 1.807) is 0 Å². The van der Waals surface area contributed by atoms with Crippen LogP contribution >= 0.6 is 0 Å². The molecule has 2 N–H and O–H groups in total. The average molecular weight is 346 g/mol. The van der Waals surface area contributed by atoms with E-state index in [2.05, 4.69) is 14.8 Å². The minimum atomic E-state index is -0.258. The summed E-state index contributed by atoms with van der Waals surface area (Å²) in [4.78, 5) is 28.0. The third-order valence-electron chi connectivity index (χ3n) is 5.64. The minimum Gasteiger partial charge on any atom is -0.383 e. The zero-order valence-electron chi connectivity index (χ0n) is 14.8. The first-order valence-corrected chi connectivity index (χ1v) is 9.05. The van der Waals surface area contributed by atoms with Crippen LogP contribution in [0.3, 0.4) is 0 Å². The number of amides is 1. The van der Waals surface area contributed by atoms with E-state index in [0.29, 0.717) is 25.0 Å². The summed E-state index contributed by atoms with van der Waals surface area (Å²) in [6.07, 6.45) is 2.91. The second kappa shape index (κ2) is 6.33. The Labute approximate surface area is 147 Å². The molecule has 4 heterocycles. The van der Waals surface area contributed by atoms with E-state index in [-0.39, 0.29) is 11.3 Å². The highest BCUT2D eigenvalue weighted by atomic mass is 16.5. The van der Waals surface area contributed by atoms with E-state index < -0.39 is 0 Å². The van der Waals surface area contributed by atoms with Crippen molar-refractivity contribution in [3.05, 3.63) is 6.07 Å². The lowest BCUT2D eigenvalue weighted by molar-refractivity contribution is -0.143. The molecule has 3 aliphatic heterocycles. The number of aromatic nitrogens is 2. The Morgan fingerprint density at radius 2 is 1.92 bits per heavy atom. The Balaban J connectivity index is 1.56. The van der Waals surface area contributed by atoms with Gasteiger partial charge in [0.1, 0.15) is 11.6 Å². The van der Waals surface area contributed by atoms with Gasteiger partial charge in [-0.05, 0) is 19.3 Å². The van der Waals surface area contributed by atoms with E-state index in [4.69, 9.17) is 15.5 Å². The number of likely N-dealkylation sites (tertiary alicyclic amines) is 1. The maximum Gasteiger partial charge on any atom is 0.230 e. The van der Waals surface area contributed by atoms with Crippen LogP contribution in [-0.2, 0) is 9.53 Å². The Morgan fingerprint density at radius 3 is 2.72 bits per heavy atom. The van der Waals surface area contributed by atoms with Crippen LogP contribution in [0.15, 0.2) is 6.07 Å². The Kier molecular flexibility index (Phi) is 4.15. The van der Waals surface area contributed by atoms with E-state index in [9.17, 15) is 4.79 Å². The number of rotatable bonds is 2. The lowest BCUT2D eigenvalue weighted by atomic mass is 9.78. The number of anilines is 3. The van der Waals surface area contributed by atoms with Gasteiger partial charge in [-0.3, -0.25) is 4.79 Å². The van der Waals surface area contributed by atoms with Crippen LogP contribution < -0.4 is 15.5 Å².